The smallest absolute Gasteiger partial charge is 0.118 e. The number of nitrogens with two attached hydrogens (primary N) is 1. The molecule has 0 aliphatic heterocycles. The van der Waals surface area contributed by atoms with Crippen LogP contribution in [0.15, 0.2) is 53.0 Å². The third kappa shape index (κ3) is 3.82. The van der Waals surface area contributed by atoms with Gasteiger partial charge in [0.25, 0.3) is 0 Å². The Kier molecular flexibility index (Phi) is 5.59. The normalized spacial score (nSPS) is 12.2. The van der Waals surface area contributed by atoms with Crippen LogP contribution in [0.2, 0.25) is 0 Å². The Morgan fingerprint density at radius 3 is 2.45 bits per heavy atom. The lowest BCUT2D eigenvalue weighted by Gasteiger charge is -2.17. The maximum atomic E-state index is 5.69. The Morgan fingerprint density at radius 1 is 1.15 bits per heavy atom. The van der Waals surface area contributed by atoms with E-state index in [0.717, 1.165) is 23.1 Å². The molecule has 0 amide bonds. The number of hydrogen-bond donors (Lipinski definition) is 2. The second kappa shape index (κ2) is 7.43. The zero-order valence-electron chi connectivity index (χ0n) is 11.5. The first-order chi connectivity index (χ1) is 9.74. The molecule has 0 fully saturated rings. The lowest BCUT2D eigenvalue weighted by Crippen LogP contribution is -2.28. The van der Waals surface area contributed by atoms with Gasteiger partial charge in [-0.15, -0.1) is 0 Å². The lowest BCUT2D eigenvalue weighted by molar-refractivity contribution is 0.414. The van der Waals surface area contributed by atoms with Crippen LogP contribution in [0.1, 0.15) is 23.6 Å². The van der Waals surface area contributed by atoms with E-state index in [1.54, 1.807) is 7.11 Å². The first kappa shape index (κ1) is 15.0. The summed E-state index contributed by atoms with van der Waals surface area (Å²) in [7, 11) is 1.68. The summed E-state index contributed by atoms with van der Waals surface area (Å²) in [5.74, 6) is 6.58. The number of ether oxygens (including phenoxy) is 1. The van der Waals surface area contributed by atoms with E-state index in [9.17, 15) is 0 Å². The summed E-state index contributed by atoms with van der Waals surface area (Å²) < 4.78 is 6.24. The molecule has 2 aromatic carbocycles. The number of hydrazine groups is 1. The van der Waals surface area contributed by atoms with Gasteiger partial charge < -0.3 is 4.74 Å². The Morgan fingerprint density at radius 2 is 1.85 bits per heavy atom. The molecule has 3 nitrogen and oxygen atoms in total. The number of halogens is 1. The zero-order valence-corrected chi connectivity index (χ0v) is 13.1. The van der Waals surface area contributed by atoms with E-state index >= 15 is 0 Å². The lowest BCUT2D eigenvalue weighted by atomic mass is 9.99. The van der Waals surface area contributed by atoms with Crippen LogP contribution in [0.5, 0.6) is 5.75 Å². The first-order valence-corrected chi connectivity index (χ1v) is 7.37. The second-order valence-corrected chi connectivity index (χ2v) is 5.48. The van der Waals surface area contributed by atoms with Crippen molar-refractivity contribution in [1.82, 2.24) is 5.43 Å². The Bertz CT molecular complexity index is 542. The second-order valence-electron chi connectivity index (χ2n) is 4.63. The minimum Gasteiger partial charge on any atom is -0.497 e. The summed E-state index contributed by atoms with van der Waals surface area (Å²) in [6.07, 6.45) is 1.89. The van der Waals surface area contributed by atoms with Crippen LogP contribution in [0.4, 0.5) is 0 Å². The fraction of sp³-hybridized carbons (Fsp3) is 0.250. The van der Waals surface area contributed by atoms with Gasteiger partial charge in [0.15, 0.2) is 0 Å². The van der Waals surface area contributed by atoms with E-state index in [0.29, 0.717) is 0 Å². The molecular formula is C16H19BrN2O. The Hall–Kier alpha value is -1.36. The van der Waals surface area contributed by atoms with Gasteiger partial charge in [-0.3, -0.25) is 11.3 Å². The molecule has 2 rings (SSSR count). The molecule has 0 aliphatic rings. The predicted molar refractivity (Wildman–Crippen MR) is 85.5 cm³/mol. The van der Waals surface area contributed by atoms with Crippen molar-refractivity contribution in [3.8, 4) is 5.75 Å². The van der Waals surface area contributed by atoms with Gasteiger partial charge in [-0.25, -0.2) is 0 Å². The molecule has 0 saturated heterocycles. The molecule has 20 heavy (non-hydrogen) atoms. The van der Waals surface area contributed by atoms with Crippen molar-refractivity contribution in [2.75, 3.05) is 7.11 Å². The van der Waals surface area contributed by atoms with Crippen molar-refractivity contribution in [3.63, 3.8) is 0 Å². The van der Waals surface area contributed by atoms with Crippen LogP contribution in [0, 0.1) is 0 Å². The standard InChI is InChI=1S/C16H19BrN2O/c1-20-13-9-6-12(7-10-13)8-11-16(19-18)14-4-2-3-5-15(14)17/h2-7,9-10,16,19H,8,11,18H2,1H3. The van der Waals surface area contributed by atoms with Crippen molar-refractivity contribution in [3.05, 3.63) is 64.1 Å². The molecule has 1 atom stereocenters. The molecule has 0 spiro atoms. The van der Waals surface area contributed by atoms with Gasteiger partial charge in [0.2, 0.25) is 0 Å². The van der Waals surface area contributed by atoms with Crippen LogP contribution in [0.3, 0.4) is 0 Å². The van der Waals surface area contributed by atoms with E-state index in [1.165, 1.54) is 11.1 Å². The highest BCUT2D eigenvalue weighted by Crippen LogP contribution is 2.26. The van der Waals surface area contributed by atoms with Gasteiger partial charge in [0.05, 0.1) is 7.11 Å². The summed E-state index contributed by atoms with van der Waals surface area (Å²) in [5, 5.41) is 0. The molecule has 2 aromatic rings. The largest absolute Gasteiger partial charge is 0.497 e. The van der Waals surface area contributed by atoms with Crippen molar-refractivity contribution in [2.45, 2.75) is 18.9 Å². The van der Waals surface area contributed by atoms with Crippen LogP contribution in [-0.2, 0) is 6.42 Å². The van der Waals surface area contributed by atoms with Gasteiger partial charge in [0.1, 0.15) is 5.75 Å². The SMILES string of the molecule is COc1ccc(CCC(NN)c2ccccc2Br)cc1. The summed E-state index contributed by atoms with van der Waals surface area (Å²) in [6.45, 7) is 0. The third-order valence-corrected chi connectivity index (χ3v) is 4.08. The molecule has 106 valence electrons. The molecular weight excluding hydrogens is 316 g/mol. The van der Waals surface area contributed by atoms with Crippen LogP contribution in [0.25, 0.3) is 0 Å². The molecule has 0 aromatic heterocycles. The van der Waals surface area contributed by atoms with Crippen LogP contribution >= 0.6 is 15.9 Å². The highest BCUT2D eigenvalue weighted by Gasteiger charge is 2.12. The van der Waals surface area contributed by atoms with Gasteiger partial charge in [-0.2, -0.15) is 0 Å². The van der Waals surface area contributed by atoms with Crippen molar-refractivity contribution < 1.29 is 4.74 Å². The minimum atomic E-state index is 0.132. The van der Waals surface area contributed by atoms with E-state index < -0.39 is 0 Å². The number of nitrogens with one attached hydrogen (secondary N) is 1. The maximum absolute atomic E-state index is 5.69. The minimum absolute atomic E-state index is 0.132. The molecule has 4 heteroatoms. The average Bonchev–Trinajstić information content (AvgIpc) is 2.50. The van der Waals surface area contributed by atoms with Crippen LogP contribution in [-0.4, -0.2) is 7.11 Å². The molecule has 0 bridgehead atoms. The fourth-order valence-corrected chi connectivity index (χ4v) is 2.75. The van der Waals surface area contributed by atoms with Gasteiger partial charge in [-0.05, 0) is 42.2 Å². The van der Waals surface area contributed by atoms with Crippen molar-refractivity contribution in [1.29, 1.82) is 0 Å². The fourth-order valence-electron chi connectivity index (χ4n) is 2.19. The quantitative estimate of drug-likeness (QED) is 0.626. The first-order valence-electron chi connectivity index (χ1n) is 6.58. The van der Waals surface area contributed by atoms with E-state index in [1.807, 2.05) is 30.3 Å². The third-order valence-electron chi connectivity index (χ3n) is 3.36. The molecule has 0 saturated carbocycles. The topological polar surface area (TPSA) is 47.3 Å². The van der Waals surface area contributed by atoms with Crippen molar-refractivity contribution >= 4 is 15.9 Å². The Balaban J connectivity index is 2.02. The molecule has 0 aliphatic carbocycles. The summed E-state index contributed by atoms with van der Waals surface area (Å²) in [4.78, 5) is 0. The molecule has 3 N–H and O–H groups in total. The Labute approximate surface area is 128 Å². The number of benzene rings is 2. The summed E-state index contributed by atoms with van der Waals surface area (Å²) >= 11 is 3.57. The van der Waals surface area contributed by atoms with Crippen LogP contribution < -0.4 is 16.0 Å². The molecule has 1 unspecified atom stereocenters. The van der Waals surface area contributed by atoms with E-state index in [4.69, 9.17) is 10.6 Å². The predicted octanol–water partition coefficient (Wildman–Crippen LogP) is 3.59. The average molecular weight is 335 g/mol. The number of methoxy groups -OCH3 is 1. The zero-order chi connectivity index (χ0) is 14.4. The molecule has 0 radical (unpaired) electrons. The van der Waals surface area contributed by atoms with E-state index in [2.05, 4.69) is 39.6 Å². The highest BCUT2D eigenvalue weighted by atomic mass is 79.9. The molecule has 0 heterocycles. The number of aryl methyl sites for hydroxylation is 1. The summed E-state index contributed by atoms with van der Waals surface area (Å²) in [5.41, 5.74) is 5.36. The van der Waals surface area contributed by atoms with Gasteiger partial charge in [-0.1, -0.05) is 46.3 Å². The summed E-state index contributed by atoms with van der Waals surface area (Å²) in [6, 6.07) is 16.4. The highest BCUT2D eigenvalue weighted by molar-refractivity contribution is 9.10. The van der Waals surface area contributed by atoms with Gasteiger partial charge >= 0.3 is 0 Å². The maximum Gasteiger partial charge on any atom is 0.118 e. The number of hydrogen-bond acceptors (Lipinski definition) is 3. The van der Waals surface area contributed by atoms with Gasteiger partial charge in [0, 0.05) is 10.5 Å². The number of rotatable bonds is 6. The van der Waals surface area contributed by atoms with Crippen molar-refractivity contribution in [2.24, 2.45) is 5.84 Å². The monoisotopic (exact) mass is 334 g/mol. The van der Waals surface area contributed by atoms with E-state index in [-0.39, 0.29) is 6.04 Å².